The first-order valence-electron chi connectivity index (χ1n) is 3.99. The first kappa shape index (κ1) is 9.03. The fourth-order valence-electron chi connectivity index (χ4n) is 1.06. The van der Waals surface area contributed by atoms with Gasteiger partial charge in [0.2, 0.25) is 0 Å². The van der Waals surface area contributed by atoms with Gasteiger partial charge in [0.15, 0.2) is 0 Å². The molecule has 1 atom stereocenters. The van der Waals surface area contributed by atoms with Gasteiger partial charge >= 0.3 is 11.9 Å². The van der Waals surface area contributed by atoms with Gasteiger partial charge in [-0.25, -0.2) is 0 Å². The largest absolute Gasteiger partial charge is 0.423 e. The molecule has 12 heavy (non-hydrogen) atoms. The molecule has 1 saturated heterocycles. The Balaban J connectivity index is 2.50. The Morgan fingerprint density at radius 3 is 2.83 bits per heavy atom. The quantitative estimate of drug-likeness (QED) is 0.583. The lowest BCUT2D eigenvalue weighted by Gasteiger charge is -2.21. The summed E-state index contributed by atoms with van der Waals surface area (Å²) in [5.74, 6) is -1.65. The number of carbonyl (C=O) groups excluding carboxylic acids is 2. The average molecular weight is 172 g/mol. The fourth-order valence-corrected chi connectivity index (χ4v) is 1.06. The summed E-state index contributed by atoms with van der Waals surface area (Å²) in [6.07, 6.45) is 1.08. The zero-order chi connectivity index (χ0) is 9.19. The van der Waals surface area contributed by atoms with E-state index in [2.05, 4.69) is 0 Å². The Labute approximate surface area is 70.8 Å². The third-order valence-corrected chi connectivity index (χ3v) is 1.73. The molecule has 4 nitrogen and oxygen atoms in total. The molecule has 4 heteroatoms. The predicted molar refractivity (Wildman–Crippen MR) is 40.1 cm³/mol. The highest BCUT2D eigenvalue weighted by Gasteiger charge is 2.38. The van der Waals surface area contributed by atoms with Gasteiger partial charge in [0.05, 0.1) is 6.42 Å². The van der Waals surface area contributed by atoms with E-state index in [0.29, 0.717) is 19.3 Å². The molecule has 0 radical (unpaired) electrons. The second-order valence-electron chi connectivity index (χ2n) is 2.94. The van der Waals surface area contributed by atoms with Gasteiger partial charge in [0, 0.05) is 19.8 Å². The number of ether oxygens (including phenoxy) is 2. The third-order valence-electron chi connectivity index (χ3n) is 1.73. The van der Waals surface area contributed by atoms with Crippen LogP contribution in [0.25, 0.3) is 0 Å². The van der Waals surface area contributed by atoms with Crippen LogP contribution in [-0.2, 0) is 19.1 Å². The van der Waals surface area contributed by atoms with E-state index >= 15 is 0 Å². The van der Waals surface area contributed by atoms with Gasteiger partial charge in [-0.05, 0) is 0 Å². The van der Waals surface area contributed by atoms with E-state index in [9.17, 15) is 9.59 Å². The molecule has 1 aliphatic rings. The highest BCUT2D eigenvalue weighted by atomic mass is 16.7. The van der Waals surface area contributed by atoms with Crippen molar-refractivity contribution in [2.75, 3.05) is 0 Å². The molecule has 0 saturated carbocycles. The van der Waals surface area contributed by atoms with Crippen molar-refractivity contribution in [1.82, 2.24) is 0 Å². The van der Waals surface area contributed by atoms with Crippen LogP contribution in [0.5, 0.6) is 0 Å². The zero-order valence-corrected chi connectivity index (χ0v) is 7.25. The van der Waals surface area contributed by atoms with E-state index in [1.807, 2.05) is 0 Å². The third kappa shape index (κ3) is 1.96. The zero-order valence-electron chi connectivity index (χ0n) is 7.25. The summed E-state index contributed by atoms with van der Waals surface area (Å²) in [5.41, 5.74) is 0. The molecule has 0 spiro atoms. The van der Waals surface area contributed by atoms with Crippen LogP contribution in [0.4, 0.5) is 0 Å². The molecule has 1 heterocycles. The molecule has 0 aromatic carbocycles. The van der Waals surface area contributed by atoms with Gasteiger partial charge in [-0.2, -0.15) is 0 Å². The van der Waals surface area contributed by atoms with Gasteiger partial charge in [0.25, 0.3) is 5.79 Å². The molecule has 0 aliphatic carbocycles. The van der Waals surface area contributed by atoms with E-state index < -0.39 is 5.79 Å². The summed E-state index contributed by atoms with van der Waals surface area (Å²) in [5, 5.41) is 0. The average Bonchev–Trinajstić information content (AvgIpc) is 2.30. The minimum Gasteiger partial charge on any atom is -0.423 e. The normalized spacial score (nSPS) is 28.3. The lowest BCUT2D eigenvalue weighted by Crippen LogP contribution is -2.30. The van der Waals surface area contributed by atoms with Gasteiger partial charge in [-0.1, -0.05) is 6.92 Å². The molecular formula is C8H12O4. The summed E-state index contributed by atoms with van der Waals surface area (Å²) in [6, 6.07) is 0. The molecule has 1 aliphatic heterocycles. The van der Waals surface area contributed by atoms with Crippen LogP contribution in [0.3, 0.4) is 0 Å². The van der Waals surface area contributed by atoms with Crippen LogP contribution < -0.4 is 0 Å². The molecule has 1 rings (SSSR count). The molecule has 0 aromatic heterocycles. The lowest BCUT2D eigenvalue weighted by molar-refractivity contribution is -0.207. The van der Waals surface area contributed by atoms with Crippen molar-refractivity contribution in [3.8, 4) is 0 Å². The highest BCUT2D eigenvalue weighted by Crippen LogP contribution is 2.27. The van der Waals surface area contributed by atoms with Crippen molar-refractivity contribution in [2.24, 2.45) is 0 Å². The van der Waals surface area contributed by atoms with Crippen molar-refractivity contribution < 1.29 is 19.1 Å². The summed E-state index contributed by atoms with van der Waals surface area (Å²) < 4.78 is 9.78. The van der Waals surface area contributed by atoms with E-state index in [1.165, 1.54) is 0 Å². The molecule has 68 valence electrons. The minimum atomic E-state index is -1.01. The van der Waals surface area contributed by atoms with Gasteiger partial charge in [-0.3, -0.25) is 9.59 Å². The van der Waals surface area contributed by atoms with Gasteiger partial charge < -0.3 is 9.47 Å². The SMILES string of the molecule is CCC(=O)OC1(C)CCC(=O)O1. The van der Waals surface area contributed by atoms with Gasteiger partial charge in [-0.15, -0.1) is 0 Å². The van der Waals surface area contributed by atoms with Crippen LogP contribution in [0.15, 0.2) is 0 Å². The Hall–Kier alpha value is -1.06. The topological polar surface area (TPSA) is 52.6 Å². The molecule has 0 aromatic rings. The maximum atomic E-state index is 10.9. The molecule has 0 bridgehead atoms. The number of hydrogen-bond donors (Lipinski definition) is 0. The summed E-state index contributed by atoms with van der Waals surface area (Å²) in [4.78, 5) is 21.6. The van der Waals surface area contributed by atoms with Crippen LogP contribution >= 0.6 is 0 Å². The van der Waals surface area contributed by atoms with Crippen molar-refractivity contribution in [3.63, 3.8) is 0 Å². The predicted octanol–water partition coefficient (Wildman–Crippen LogP) is 0.993. The Bertz CT molecular complexity index is 211. The standard InChI is InChI=1S/C8H12O4/c1-3-6(9)11-8(2)5-4-7(10)12-8/h3-5H2,1-2H3. The van der Waals surface area contributed by atoms with E-state index in [4.69, 9.17) is 9.47 Å². The smallest absolute Gasteiger partial charge is 0.309 e. The maximum Gasteiger partial charge on any atom is 0.309 e. The van der Waals surface area contributed by atoms with Crippen LogP contribution in [0.1, 0.15) is 33.1 Å². The number of hydrogen-bond acceptors (Lipinski definition) is 4. The highest BCUT2D eigenvalue weighted by molar-refractivity contribution is 5.73. The molecule has 1 fully saturated rings. The maximum absolute atomic E-state index is 10.9. The van der Waals surface area contributed by atoms with Crippen LogP contribution in [0.2, 0.25) is 0 Å². The Kier molecular flexibility index (Phi) is 2.35. The summed E-state index contributed by atoms with van der Waals surface area (Å²) >= 11 is 0. The first-order valence-corrected chi connectivity index (χ1v) is 3.99. The van der Waals surface area contributed by atoms with Crippen molar-refractivity contribution in [1.29, 1.82) is 0 Å². The van der Waals surface area contributed by atoms with Crippen molar-refractivity contribution in [2.45, 2.75) is 38.9 Å². The number of esters is 2. The number of rotatable bonds is 2. The van der Waals surface area contributed by atoms with Crippen LogP contribution in [0, 0.1) is 0 Å². The molecular weight excluding hydrogens is 160 g/mol. The van der Waals surface area contributed by atoms with Crippen molar-refractivity contribution >= 4 is 11.9 Å². The van der Waals surface area contributed by atoms with Crippen LogP contribution in [-0.4, -0.2) is 17.7 Å². The number of cyclic esters (lactones) is 1. The van der Waals surface area contributed by atoms with E-state index in [1.54, 1.807) is 13.8 Å². The van der Waals surface area contributed by atoms with Gasteiger partial charge in [0.1, 0.15) is 0 Å². The second-order valence-corrected chi connectivity index (χ2v) is 2.94. The summed E-state index contributed by atoms with van der Waals surface area (Å²) in [7, 11) is 0. The molecule has 0 amide bonds. The van der Waals surface area contributed by atoms with E-state index in [-0.39, 0.29) is 11.9 Å². The van der Waals surface area contributed by atoms with E-state index in [0.717, 1.165) is 0 Å². The Morgan fingerprint density at radius 1 is 1.75 bits per heavy atom. The Morgan fingerprint density at radius 2 is 2.42 bits per heavy atom. The summed E-state index contributed by atoms with van der Waals surface area (Å²) in [6.45, 7) is 3.30. The second kappa shape index (κ2) is 3.13. The first-order chi connectivity index (χ1) is 5.56. The number of carbonyl (C=O) groups is 2. The fraction of sp³-hybridized carbons (Fsp3) is 0.750. The molecule has 1 unspecified atom stereocenters. The monoisotopic (exact) mass is 172 g/mol. The molecule has 0 N–H and O–H groups in total. The van der Waals surface area contributed by atoms with Crippen molar-refractivity contribution in [3.05, 3.63) is 0 Å². The minimum absolute atomic E-state index is 0.299. The lowest BCUT2D eigenvalue weighted by atomic mass is 10.2.